The van der Waals surface area contributed by atoms with E-state index in [4.69, 9.17) is 0 Å². The predicted molar refractivity (Wildman–Crippen MR) is 70.5 cm³/mol. The Bertz CT molecular complexity index is 272. The van der Waals surface area contributed by atoms with Gasteiger partial charge in [0.05, 0.1) is 5.78 Å². The van der Waals surface area contributed by atoms with Crippen molar-refractivity contribution in [3.8, 4) is 0 Å². The molecule has 0 amide bonds. The molecule has 1 rings (SSSR count). The summed E-state index contributed by atoms with van der Waals surface area (Å²) in [7, 11) is 0. The van der Waals surface area contributed by atoms with Crippen LogP contribution in [0.4, 0.5) is 0 Å². The van der Waals surface area contributed by atoms with Gasteiger partial charge in [-0.25, -0.2) is 6.07 Å². The second-order valence-corrected chi connectivity index (χ2v) is 2.50. The van der Waals surface area contributed by atoms with E-state index in [2.05, 4.69) is 13.8 Å². The molecule has 0 radical (unpaired) electrons. The molecular weight excluding hydrogens is 395 g/mol. The molecule has 0 aromatic heterocycles. The van der Waals surface area contributed by atoms with Crippen LogP contribution in [0.5, 0.6) is 0 Å². The Morgan fingerprint density at radius 3 is 1.71 bits per heavy atom. The van der Waals surface area contributed by atoms with Crippen molar-refractivity contribution < 1.29 is 30.7 Å². The summed E-state index contributed by atoms with van der Waals surface area (Å²) in [4.78, 5) is 21.5. The molecule has 0 spiro atoms. The topological polar surface area (TPSA) is 34.1 Å². The monoisotopic (exact) mass is 417 g/mol. The van der Waals surface area contributed by atoms with Crippen LogP contribution in [-0.2, 0) is 21.1 Å². The maximum atomic E-state index is 10.8. The minimum Gasteiger partial charge on any atom is -0.358 e. The Morgan fingerprint density at radius 2 is 1.53 bits per heavy atom. The van der Waals surface area contributed by atoms with Gasteiger partial charge in [0.25, 0.3) is 0 Å². The van der Waals surface area contributed by atoms with Gasteiger partial charge in [-0.15, -0.1) is 5.56 Å². The summed E-state index contributed by atoms with van der Waals surface area (Å²) in [5.41, 5.74) is 1.21. The largest absolute Gasteiger partial charge is 4.00 e. The molecule has 2 nitrogen and oxygen atoms in total. The van der Waals surface area contributed by atoms with Crippen LogP contribution in [0.2, 0.25) is 0 Å². The molecule has 0 aliphatic carbocycles. The van der Waals surface area contributed by atoms with Crippen LogP contribution in [0.1, 0.15) is 48.4 Å². The van der Waals surface area contributed by atoms with Gasteiger partial charge in [-0.2, -0.15) is 26.0 Å². The van der Waals surface area contributed by atoms with Crippen LogP contribution in [0.25, 0.3) is 0 Å². The molecule has 0 aliphatic rings. The minimum absolute atomic E-state index is 0. The Balaban J connectivity index is -0.000000128. The number of carbonyl (C=O) groups excluding carboxylic acids is 2. The summed E-state index contributed by atoms with van der Waals surface area (Å²) in [5.74, 6) is -0.00463. The van der Waals surface area contributed by atoms with Crippen molar-refractivity contribution in [3.05, 3.63) is 50.6 Å². The normalized spacial score (nSPS) is 6.94. The second-order valence-electron chi connectivity index (χ2n) is 2.50. The zero-order chi connectivity index (χ0) is 12.4. The molecule has 0 aliphatic heterocycles. The summed E-state index contributed by atoms with van der Waals surface area (Å²) >= 11 is 0. The summed E-state index contributed by atoms with van der Waals surface area (Å²) in [6.45, 7) is 13.0. The predicted octanol–water partition coefficient (Wildman–Crippen LogP) is 3.94. The smallest absolute Gasteiger partial charge is 0.358 e. The first-order valence-electron chi connectivity index (χ1n) is 4.81. The minimum atomic E-state index is -0.00231. The van der Waals surface area contributed by atoms with Crippen LogP contribution < -0.4 is 0 Å². The Hall–Kier alpha value is -0.622. The first-order chi connectivity index (χ1) is 7.11. The molecule has 0 saturated heterocycles. The average molecular weight is 417 g/mol. The molecule has 1 aromatic rings. The molecule has 0 bridgehead atoms. The van der Waals surface area contributed by atoms with E-state index in [0.29, 0.717) is 11.1 Å². The maximum absolute atomic E-state index is 10.8. The van der Waals surface area contributed by atoms with E-state index < -0.39 is 0 Å². The number of ketones is 2. The molecule has 1 aromatic carbocycles. The number of Topliss-reactive ketones (excluding diaryl/α,β-unsaturated/α-hetero) is 2. The first-order valence-corrected chi connectivity index (χ1v) is 4.81. The van der Waals surface area contributed by atoms with E-state index in [-0.39, 0.29) is 40.1 Å². The number of carbonyl (C=O) groups is 2. The first kappa shape index (κ1) is 25.3. The third kappa shape index (κ3) is 10.3. The Kier molecular flexibility index (Phi) is 22.9. The van der Waals surface area contributed by atoms with Gasteiger partial charge in [0.15, 0.2) is 0 Å². The van der Waals surface area contributed by atoms with E-state index >= 15 is 0 Å². The molecule has 0 heterocycles. The van der Waals surface area contributed by atoms with Crippen molar-refractivity contribution in [1.82, 2.24) is 0 Å². The van der Waals surface area contributed by atoms with Gasteiger partial charge in [-0.1, -0.05) is 5.56 Å². The zero-order valence-corrected chi connectivity index (χ0v) is 13.6. The van der Waals surface area contributed by atoms with Crippen LogP contribution in [0.15, 0.2) is 18.2 Å². The summed E-state index contributed by atoms with van der Waals surface area (Å²) < 4.78 is 0. The van der Waals surface area contributed by atoms with Gasteiger partial charge in [-0.05, 0) is 13.8 Å². The molecule has 0 saturated carbocycles. The molecule has 0 fully saturated rings. The summed E-state index contributed by atoms with van der Waals surface area (Å²) in [6.07, 6.45) is 0. The molecule has 0 N–H and O–H groups in total. The molecule has 3 heteroatoms. The fourth-order valence-corrected chi connectivity index (χ4v) is 0.881. The fraction of sp³-hybridized carbons (Fsp3) is 0.286. The van der Waals surface area contributed by atoms with Crippen molar-refractivity contribution in [1.29, 1.82) is 0 Å². The molecule has 17 heavy (non-hydrogen) atoms. The summed E-state index contributed by atoms with van der Waals surface area (Å²) in [5, 5.41) is 0. The SMILES string of the molecule is CC(=O)c1cc[c-](C(C)=O)c1.[CH2-]C.[CH2-]C.[CH3-].[Pt+4]. The quantitative estimate of drug-likeness (QED) is 0.540. The third-order valence-electron chi connectivity index (χ3n) is 1.57. The molecule has 0 atom stereocenters. The van der Waals surface area contributed by atoms with E-state index in [1.165, 1.54) is 13.8 Å². The van der Waals surface area contributed by atoms with Crippen molar-refractivity contribution in [2.24, 2.45) is 0 Å². The molecule has 100 valence electrons. The Morgan fingerprint density at radius 1 is 1.12 bits per heavy atom. The van der Waals surface area contributed by atoms with E-state index in [9.17, 15) is 9.59 Å². The number of hydrogen-bond donors (Lipinski definition) is 0. The number of hydrogen-bond acceptors (Lipinski definition) is 2. The van der Waals surface area contributed by atoms with Crippen molar-refractivity contribution in [3.63, 3.8) is 0 Å². The van der Waals surface area contributed by atoms with Gasteiger partial charge in [-0.3, -0.25) is 0 Å². The van der Waals surface area contributed by atoms with Crippen molar-refractivity contribution in [2.45, 2.75) is 27.7 Å². The standard InChI is InChI=1S/C9H9O2.2C2H5.CH3.Pt/c1-6(10)8-3-4-9(5-8)7(2)11;2*1-2;;/h3-5H,1-2H3;2*1H2,2H3;1H3;/q4*-1;+4. The van der Waals surface area contributed by atoms with Crippen LogP contribution in [0, 0.1) is 21.3 Å². The van der Waals surface area contributed by atoms with Gasteiger partial charge in [0, 0.05) is 0 Å². The van der Waals surface area contributed by atoms with Crippen LogP contribution >= 0.6 is 0 Å². The maximum Gasteiger partial charge on any atom is 4.00 e. The van der Waals surface area contributed by atoms with Gasteiger partial charge >= 0.3 is 21.1 Å². The molecule has 0 unspecified atom stereocenters. The third-order valence-corrected chi connectivity index (χ3v) is 1.57. The van der Waals surface area contributed by atoms with Crippen LogP contribution in [-0.4, -0.2) is 11.6 Å². The van der Waals surface area contributed by atoms with Gasteiger partial charge in [0.1, 0.15) is 5.78 Å². The average Bonchev–Trinajstić information content (AvgIpc) is 2.73. The molecular formula is C14H22O2Pt. The van der Waals surface area contributed by atoms with E-state index in [1.54, 1.807) is 32.0 Å². The van der Waals surface area contributed by atoms with Crippen LogP contribution in [0.3, 0.4) is 0 Å². The van der Waals surface area contributed by atoms with Gasteiger partial charge < -0.3 is 30.9 Å². The fourth-order valence-electron chi connectivity index (χ4n) is 0.881. The van der Waals surface area contributed by atoms with E-state index in [0.717, 1.165) is 0 Å². The Labute approximate surface area is 120 Å². The summed E-state index contributed by atoms with van der Waals surface area (Å²) in [6, 6.07) is 4.95. The van der Waals surface area contributed by atoms with Crippen molar-refractivity contribution >= 4 is 11.6 Å². The van der Waals surface area contributed by atoms with Gasteiger partial charge in [0.2, 0.25) is 0 Å². The van der Waals surface area contributed by atoms with Crippen molar-refractivity contribution in [2.75, 3.05) is 0 Å². The second kappa shape index (κ2) is 15.4. The zero-order valence-electron chi connectivity index (χ0n) is 11.3. The number of rotatable bonds is 2. The van der Waals surface area contributed by atoms with E-state index in [1.807, 2.05) is 0 Å².